The zero-order valence-electron chi connectivity index (χ0n) is 12.3. The van der Waals surface area contributed by atoms with Crippen LogP contribution in [0, 0.1) is 6.92 Å². The van der Waals surface area contributed by atoms with E-state index in [4.69, 9.17) is 0 Å². The summed E-state index contributed by atoms with van der Waals surface area (Å²) in [5.74, 6) is 0. The van der Waals surface area contributed by atoms with Crippen LogP contribution in [-0.2, 0) is 20.1 Å². The summed E-state index contributed by atoms with van der Waals surface area (Å²) >= 11 is 0. The van der Waals surface area contributed by atoms with Crippen LogP contribution < -0.4 is 5.32 Å². The molecule has 0 unspecified atom stereocenters. The molecule has 0 atom stereocenters. The van der Waals surface area contributed by atoms with Crippen LogP contribution >= 0.6 is 0 Å². The van der Waals surface area contributed by atoms with Crippen molar-refractivity contribution in [2.75, 3.05) is 5.32 Å². The van der Waals surface area contributed by atoms with Crippen molar-refractivity contribution in [1.29, 1.82) is 0 Å². The van der Waals surface area contributed by atoms with E-state index >= 15 is 0 Å². The molecule has 1 N–H and O–H groups in total. The van der Waals surface area contributed by atoms with E-state index in [2.05, 4.69) is 40.6 Å². The number of benzene rings is 1. The van der Waals surface area contributed by atoms with E-state index in [-0.39, 0.29) is 0 Å². The lowest BCUT2D eigenvalue weighted by Crippen LogP contribution is -2.07. The normalized spacial score (nSPS) is 10.8. The highest BCUT2D eigenvalue weighted by Gasteiger charge is 2.06. The number of hydrogen-bond acceptors (Lipinski definition) is 3. The molecule has 5 nitrogen and oxygen atoms in total. The van der Waals surface area contributed by atoms with Crippen LogP contribution in [0.3, 0.4) is 0 Å². The van der Waals surface area contributed by atoms with Crippen LogP contribution in [0.2, 0.25) is 0 Å². The highest BCUT2D eigenvalue weighted by atomic mass is 15.3. The van der Waals surface area contributed by atoms with Crippen molar-refractivity contribution in [3.05, 3.63) is 65.7 Å². The number of anilines is 1. The van der Waals surface area contributed by atoms with Gasteiger partial charge < -0.3 is 5.32 Å². The molecule has 5 heteroatoms. The van der Waals surface area contributed by atoms with E-state index in [0.717, 1.165) is 18.8 Å². The molecular weight excluding hydrogens is 262 g/mol. The van der Waals surface area contributed by atoms with Gasteiger partial charge in [-0.3, -0.25) is 9.36 Å². The minimum absolute atomic E-state index is 0.766. The lowest BCUT2D eigenvalue weighted by molar-refractivity contribution is 0.687. The highest BCUT2D eigenvalue weighted by Crippen LogP contribution is 2.18. The summed E-state index contributed by atoms with van der Waals surface area (Å²) in [5.41, 5.74) is 4.76. The average Bonchev–Trinajstić information content (AvgIpc) is 3.11. The van der Waals surface area contributed by atoms with E-state index < -0.39 is 0 Å². The smallest absolute Gasteiger partial charge is 0.0679 e. The Morgan fingerprint density at radius 2 is 1.95 bits per heavy atom. The Labute approximate surface area is 124 Å². The summed E-state index contributed by atoms with van der Waals surface area (Å²) in [5, 5.41) is 12.0. The molecule has 3 aromatic rings. The average molecular weight is 281 g/mol. The van der Waals surface area contributed by atoms with Crippen LogP contribution in [-0.4, -0.2) is 19.6 Å². The molecule has 21 heavy (non-hydrogen) atoms. The quantitative estimate of drug-likeness (QED) is 0.782. The minimum Gasteiger partial charge on any atom is -0.381 e. The molecule has 0 amide bonds. The third kappa shape index (κ3) is 2.97. The summed E-state index contributed by atoms with van der Waals surface area (Å²) in [4.78, 5) is 0. The molecule has 0 fully saturated rings. The molecule has 0 saturated carbocycles. The first-order valence-corrected chi connectivity index (χ1v) is 7.00. The molecule has 3 rings (SSSR count). The molecular formula is C16H19N5. The zero-order chi connectivity index (χ0) is 14.7. The predicted octanol–water partition coefficient (Wildman–Crippen LogP) is 2.59. The van der Waals surface area contributed by atoms with E-state index in [0.29, 0.717) is 0 Å². The Kier molecular flexibility index (Phi) is 3.73. The van der Waals surface area contributed by atoms with Gasteiger partial charge in [0, 0.05) is 42.9 Å². The number of hydrogen-bond donors (Lipinski definition) is 1. The van der Waals surface area contributed by atoms with E-state index in [1.54, 1.807) is 6.20 Å². The molecule has 0 radical (unpaired) electrons. The number of rotatable bonds is 5. The maximum Gasteiger partial charge on any atom is 0.0679 e. The minimum atomic E-state index is 0.766. The van der Waals surface area contributed by atoms with Gasteiger partial charge in [0.15, 0.2) is 0 Å². The Morgan fingerprint density at radius 1 is 1.10 bits per heavy atom. The third-order valence-corrected chi connectivity index (χ3v) is 3.72. The SMILES string of the molecule is Cc1c(CNc2ccccc2Cn2cccn2)cnn1C. The maximum atomic E-state index is 4.27. The largest absolute Gasteiger partial charge is 0.381 e. The van der Waals surface area contributed by atoms with Crippen LogP contribution in [0.15, 0.2) is 48.9 Å². The van der Waals surface area contributed by atoms with Gasteiger partial charge >= 0.3 is 0 Å². The van der Waals surface area contributed by atoms with Gasteiger partial charge in [0.05, 0.1) is 12.7 Å². The van der Waals surface area contributed by atoms with Crippen LogP contribution in [0.4, 0.5) is 5.69 Å². The first-order chi connectivity index (χ1) is 10.2. The van der Waals surface area contributed by atoms with Gasteiger partial charge in [0.1, 0.15) is 0 Å². The van der Waals surface area contributed by atoms with Crippen molar-refractivity contribution >= 4 is 5.69 Å². The Hall–Kier alpha value is -2.56. The molecule has 1 aromatic carbocycles. The van der Waals surface area contributed by atoms with E-state index in [1.807, 2.05) is 40.9 Å². The number of aryl methyl sites for hydroxylation is 1. The monoisotopic (exact) mass is 281 g/mol. The fourth-order valence-corrected chi connectivity index (χ4v) is 2.31. The number of aromatic nitrogens is 4. The van der Waals surface area contributed by atoms with Gasteiger partial charge in [-0.2, -0.15) is 10.2 Å². The van der Waals surface area contributed by atoms with Crippen molar-refractivity contribution in [1.82, 2.24) is 19.6 Å². The topological polar surface area (TPSA) is 47.7 Å². The molecule has 0 aliphatic heterocycles. The van der Waals surface area contributed by atoms with Gasteiger partial charge in [-0.25, -0.2) is 0 Å². The van der Waals surface area contributed by atoms with E-state index in [9.17, 15) is 0 Å². The van der Waals surface area contributed by atoms with Crippen molar-refractivity contribution in [2.24, 2.45) is 7.05 Å². The van der Waals surface area contributed by atoms with Crippen molar-refractivity contribution < 1.29 is 0 Å². The van der Waals surface area contributed by atoms with Gasteiger partial charge in [-0.1, -0.05) is 18.2 Å². The van der Waals surface area contributed by atoms with Crippen molar-refractivity contribution in [3.8, 4) is 0 Å². The Balaban J connectivity index is 1.75. The van der Waals surface area contributed by atoms with E-state index in [1.165, 1.54) is 16.8 Å². The van der Waals surface area contributed by atoms with Gasteiger partial charge in [-0.15, -0.1) is 0 Å². The van der Waals surface area contributed by atoms with Crippen LogP contribution in [0.1, 0.15) is 16.8 Å². The molecule has 108 valence electrons. The fraction of sp³-hybridized carbons (Fsp3) is 0.250. The number of nitrogens with one attached hydrogen (secondary N) is 1. The first kappa shape index (κ1) is 13.4. The van der Waals surface area contributed by atoms with Gasteiger partial charge in [0.2, 0.25) is 0 Å². The molecule has 0 bridgehead atoms. The summed E-state index contributed by atoms with van der Waals surface area (Å²) in [6.45, 7) is 3.62. The zero-order valence-corrected chi connectivity index (χ0v) is 12.3. The van der Waals surface area contributed by atoms with Crippen LogP contribution in [0.25, 0.3) is 0 Å². The Bertz CT molecular complexity index is 712. The summed E-state index contributed by atoms with van der Waals surface area (Å²) < 4.78 is 3.82. The molecule has 0 saturated heterocycles. The summed E-state index contributed by atoms with van der Waals surface area (Å²) in [6.07, 6.45) is 5.69. The van der Waals surface area contributed by atoms with Gasteiger partial charge in [-0.05, 0) is 24.6 Å². The maximum absolute atomic E-state index is 4.27. The second kappa shape index (κ2) is 5.83. The predicted molar refractivity (Wildman–Crippen MR) is 83.0 cm³/mol. The highest BCUT2D eigenvalue weighted by molar-refractivity contribution is 5.51. The van der Waals surface area contributed by atoms with Crippen molar-refractivity contribution in [3.63, 3.8) is 0 Å². The standard InChI is InChI=1S/C16H19N5/c1-13-15(11-19-20(13)2)10-17-16-7-4-3-6-14(16)12-21-9-5-8-18-21/h3-9,11,17H,10,12H2,1-2H3. The molecule has 0 aliphatic carbocycles. The van der Waals surface area contributed by atoms with Crippen LogP contribution in [0.5, 0.6) is 0 Å². The fourth-order valence-electron chi connectivity index (χ4n) is 2.31. The second-order valence-corrected chi connectivity index (χ2v) is 5.09. The summed E-state index contributed by atoms with van der Waals surface area (Å²) in [7, 11) is 1.96. The molecule has 0 spiro atoms. The molecule has 0 aliphatic rings. The number of para-hydroxylation sites is 1. The second-order valence-electron chi connectivity index (χ2n) is 5.09. The Morgan fingerprint density at radius 3 is 2.67 bits per heavy atom. The summed E-state index contributed by atoms with van der Waals surface area (Å²) in [6, 6.07) is 10.3. The molecule has 2 aromatic heterocycles. The van der Waals surface area contributed by atoms with Crippen molar-refractivity contribution in [2.45, 2.75) is 20.0 Å². The lowest BCUT2D eigenvalue weighted by atomic mass is 10.1. The third-order valence-electron chi connectivity index (χ3n) is 3.72. The molecule has 2 heterocycles. The lowest BCUT2D eigenvalue weighted by Gasteiger charge is -2.12. The first-order valence-electron chi connectivity index (χ1n) is 7.00. The van der Waals surface area contributed by atoms with Gasteiger partial charge in [0.25, 0.3) is 0 Å². The number of nitrogens with zero attached hydrogens (tertiary/aromatic N) is 4.